The Morgan fingerprint density at radius 1 is 0.905 bits per heavy atom. The molecule has 0 aromatic heterocycles. The molecular weight excluding hydrogens is 296 g/mol. The van der Waals surface area contributed by atoms with E-state index in [2.05, 4.69) is 5.32 Å². The summed E-state index contributed by atoms with van der Waals surface area (Å²) in [7, 11) is 1.48. The maximum atomic E-state index is 13.1. The molecule has 0 aliphatic rings. The minimum atomic E-state index is -4.85. The van der Waals surface area contributed by atoms with Crippen molar-refractivity contribution in [2.45, 2.75) is 39.2 Å². The van der Waals surface area contributed by atoms with Crippen molar-refractivity contribution in [3.63, 3.8) is 0 Å². The van der Waals surface area contributed by atoms with E-state index in [1.54, 1.807) is 20.8 Å². The van der Waals surface area contributed by atoms with Crippen LogP contribution < -0.4 is 5.32 Å². The van der Waals surface area contributed by atoms with Gasteiger partial charge in [-0.1, -0.05) is 26.8 Å². The van der Waals surface area contributed by atoms with Gasteiger partial charge >= 0.3 is 12.4 Å². The minimum absolute atomic E-state index is 0.172. The molecule has 7 heteroatoms. The first-order chi connectivity index (χ1) is 9.28. The molecule has 0 heterocycles. The first-order valence-electron chi connectivity index (χ1n) is 6.24. The van der Waals surface area contributed by atoms with E-state index < -0.39 is 34.9 Å². The monoisotopic (exact) mass is 313 g/mol. The highest BCUT2D eigenvalue weighted by atomic mass is 19.4. The molecule has 0 aliphatic heterocycles. The zero-order valence-electron chi connectivity index (χ0n) is 12.1. The fraction of sp³-hybridized carbons (Fsp3) is 0.571. The lowest BCUT2D eigenvalue weighted by Gasteiger charge is -2.33. The van der Waals surface area contributed by atoms with Crippen molar-refractivity contribution >= 4 is 0 Å². The number of hydrogen-bond donors (Lipinski definition) is 1. The molecule has 1 nitrogen and oxygen atoms in total. The molecular formula is C14H17F6N. The van der Waals surface area contributed by atoms with Gasteiger partial charge in [0.25, 0.3) is 0 Å². The lowest BCUT2D eigenvalue weighted by Crippen LogP contribution is -2.32. The van der Waals surface area contributed by atoms with Crippen LogP contribution in [-0.2, 0) is 12.4 Å². The van der Waals surface area contributed by atoms with Gasteiger partial charge in [-0.3, -0.25) is 0 Å². The zero-order valence-corrected chi connectivity index (χ0v) is 12.1. The van der Waals surface area contributed by atoms with E-state index in [9.17, 15) is 26.3 Å². The standard InChI is InChI=1S/C14H17F6N/c1-12(2,3)11(21-4)9-6-5-8(13(15,16)17)7-10(9)14(18,19)20/h5-7,11,21H,1-4H3. The Hall–Kier alpha value is -1.24. The second kappa shape index (κ2) is 5.51. The molecule has 0 radical (unpaired) electrons. The number of halogens is 6. The minimum Gasteiger partial charge on any atom is -0.313 e. The second-order valence-electron chi connectivity index (χ2n) is 5.89. The van der Waals surface area contributed by atoms with E-state index in [-0.39, 0.29) is 11.6 Å². The first-order valence-corrected chi connectivity index (χ1v) is 6.24. The third-order valence-electron chi connectivity index (χ3n) is 3.15. The van der Waals surface area contributed by atoms with Crippen molar-refractivity contribution in [3.8, 4) is 0 Å². The van der Waals surface area contributed by atoms with Crippen LogP contribution in [0.5, 0.6) is 0 Å². The first kappa shape index (κ1) is 17.8. The van der Waals surface area contributed by atoms with Crippen LogP contribution in [0.1, 0.15) is 43.5 Å². The molecule has 21 heavy (non-hydrogen) atoms. The Morgan fingerprint density at radius 2 is 1.43 bits per heavy atom. The molecule has 0 bridgehead atoms. The summed E-state index contributed by atoms with van der Waals surface area (Å²) in [4.78, 5) is 0. The third-order valence-corrected chi connectivity index (χ3v) is 3.15. The smallest absolute Gasteiger partial charge is 0.313 e. The van der Waals surface area contributed by atoms with Gasteiger partial charge in [-0.25, -0.2) is 0 Å². The largest absolute Gasteiger partial charge is 0.416 e. The van der Waals surface area contributed by atoms with E-state index in [4.69, 9.17) is 0 Å². The predicted molar refractivity (Wildman–Crippen MR) is 67.7 cm³/mol. The van der Waals surface area contributed by atoms with Crippen molar-refractivity contribution in [1.29, 1.82) is 0 Å². The van der Waals surface area contributed by atoms with E-state index in [0.717, 1.165) is 6.07 Å². The molecule has 0 amide bonds. The summed E-state index contributed by atoms with van der Waals surface area (Å²) in [6, 6.07) is 1.03. The highest BCUT2D eigenvalue weighted by molar-refractivity contribution is 5.38. The van der Waals surface area contributed by atoms with Crippen LogP contribution in [0.25, 0.3) is 0 Å². The molecule has 1 rings (SSSR count). The van der Waals surface area contributed by atoms with Gasteiger partial charge in [0, 0.05) is 6.04 Å². The van der Waals surface area contributed by atoms with Crippen LogP contribution in [0.4, 0.5) is 26.3 Å². The maximum absolute atomic E-state index is 13.1. The fourth-order valence-corrected chi connectivity index (χ4v) is 2.28. The summed E-state index contributed by atoms with van der Waals surface area (Å²) in [6.45, 7) is 5.14. The highest BCUT2D eigenvalue weighted by Crippen LogP contribution is 2.42. The molecule has 0 aliphatic carbocycles. The van der Waals surface area contributed by atoms with Crippen molar-refractivity contribution in [3.05, 3.63) is 34.9 Å². The Morgan fingerprint density at radius 3 is 1.76 bits per heavy atom. The van der Waals surface area contributed by atoms with E-state index in [0.29, 0.717) is 6.07 Å². The van der Waals surface area contributed by atoms with Crippen molar-refractivity contribution < 1.29 is 26.3 Å². The topological polar surface area (TPSA) is 12.0 Å². The van der Waals surface area contributed by atoms with Gasteiger partial charge < -0.3 is 5.32 Å². The van der Waals surface area contributed by atoms with Crippen LogP contribution >= 0.6 is 0 Å². The fourth-order valence-electron chi connectivity index (χ4n) is 2.28. The van der Waals surface area contributed by atoms with Gasteiger partial charge in [-0.05, 0) is 30.2 Å². The van der Waals surface area contributed by atoms with Gasteiger partial charge in [-0.2, -0.15) is 26.3 Å². The normalized spacial score (nSPS) is 15.1. The van der Waals surface area contributed by atoms with E-state index in [1.165, 1.54) is 7.05 Å². The molecule has 1 atom stereocenters. The summed E-state index contributed by atoms with van der Waals surface area (Å²) in [5.41, 5.74) is -3.34. The highest BCUT2D eigenvalue weighted by Gasteiger charge is 2.40. The van der Waals surface area contributed by atoms with Crippen molar-refractivity contribution in [2.24, 2.45) is 5.41 Å². The number of rotatable bonds is 2. The average Bonchev–Trinajstić information content (AvgIpc) is 2.25. The zero-order chi connectivity index (χ0) is 16.6. The van der Waals surface area contributed by atoms with Gasteiger partial charge in [0.05, 0.1) is 11.1 Å². The SMILES string of the molecule is CNC(c1ccc(C(F)(F)F)cc1C(F)(F)F)C(C)(C)C. The van der Waals surface area contributed by atoms with Crippen LogP contribution in [0, 0.1) is 5.41 Å². The number of benzene rings is 1. The predicted octanol–water partition coefficient (Wildman–Crippen LogP) is 5.03. The Balaban J connectivity index is 3.53. The maximum Gasteiger partial charge on any atom is 0.416 e. The van der Waals surface area contributed by atoms with Crippen LogP contribution in [-0.4, -0.2) is 7.05 Å². The van der Waals surface area contributed by atoms with Crippen molar-refractivity contribution in [1.82, 2.24) is 5.32 Å². The Kier molecular flexibility index (Phi) is 4.68. The molecule has 0 spiro atoms. The lowest BCUT2D eigenvalue weighted by atomic mass is 9.80. The molecule has 0 saturated carbocycles. The number of nitrogens with one attached hydrogen (secondary N) is 1. The van der Waals surface area contributed by atoms with Gasteiger partial charge in [-0.15, -0.1) is 0 Å². The Labute approximate surface area is 119 Å². The molecule has 1 aromatic rings. The van der Waals surface area contributed by atoms with E-state index in [1.807, 2.05) is 0 Å². The summed E-state index contributed by atoms with van der Waals surface area (Å²) < 4.78 is 77.2. The number of hydrogen-bond acceptors (Lipinski definition) is 1. The van der Waals surface area contributed by atoms with Gasteiger partial charge in [0.1, 0.15) is 0 Å². The van der Waals surface area contributed by atoms with E-state index >= 15 is 0 Å². The Bertz CT molecular complexity index is 496. The lowest BCUT2D eigenvalue weighted by molar-refractivity contribution is -0.143. The summed E-state index contributed by atoms with van der Waals surface area (Å²) in [6.07, 6.45) is -9.66. The molecule has 0 fully saturated rings. The third kappa shape index (κ3) is 4.12. The molecule has 0 saturated heterocycles. The summed E-state index contributed by atoms with van der Waals surface area (Å²) in [5, 5.41) is 2.75. The van der Waals surface area contributed by atoms with Crippen molar-refractivity contribution in [2.75, 3.05) is 7.05 Å². The number of alkyl halides is 6. The second-order valence-corrected chi connectivity index (χ2v) is 5.89. The van der Waals surface area contributed by atoms with Crippen LogP contribution in [0.3, 0.4) is 0 Å². The van der Waals surface area contributed by atoms with Gasteiger partial charge in [0.2, 0.25) is 0 Å². The molecule has 120 valence electrons. The quantitative estimate of drug-likeness (QED) is 0.755. The summed E-state index contributed by atoms with van der Waals surface area (Å²) in [5.74, 6) is 0. The molecule has 1 N–H and O–H groups in total. The van der Waals surface area contributed by atoms with Gasteiger partial charge in [0.15, 0.2) is 0 Å². The van der Waals surface area contributed by atoms with Crippen LogP contribution in [0.2, 0.25) is 0 Å². The summed E-state index contributed by atoms with van der Waals surface area (Å²) >= 11 is 0. The molecule has 1 aromatic carbocycles. The average molecular weight is 313 g/mol. The molecule has 1 unspecified atom stereocenters. The van der Waals surface area contributed by atoms with Crippen LogP contribution in [0.15, 0.2) is 18.2 Å².